The van der Waals surface area contributed by atoms with Gasteiger partial charge < -0.3 is 16.0 Å². The second-order valence-corrected chi connectivity index (χ2v) is 5.02. The second kappa shape index (κ2) is 7.05. The normalized spacial score (nSPS) is 15.9. The molecule has 0 bridgehead atoms. The molecule has 1 atom stereocenters. The highest BCUT2D eigenvalue weighted by Gasteiger charge is 2.19. The number of rotatable bonds is 5. The van der Waals surface area contributed by atoms with Gasteiger partial charge in [-0.3, -0.25) is 9.59 Å². The highest BCUT2D eigenvalue weighted by molar-refractivity contribution is 5.83. The number of benzene rings is 1. The molecule has 1 aromatic carbocycles. The number of likely N-dealkylation sites (tertiary alicyclic amines) is 1. The number of nitrogens with zero attached hydrogens (tertiary/aromatic N) is 1. The van der Waals surface area contributed by atoms with Gasteiger partial charge in [0.2, 0.25) is 11.8 Å². The van der Waals surface area contributed by atoms with Gasteiger partial charge in [0.05, 0.1) is 0 Å². The molecule has 5 heteroatoms. The van der Waals surface area contributed by atoms with Gasteiger partial charge in [-0.25, -0.2) is 0 Å². The molecule has 0 saturated carbocycles. The zero-order valence-electron chi connectivity index (χ0n) is 11.5. The minimum absolute atomic E-state index is 0.107. The van der Waals surface area contributed by atoms with Gasteiger partial charge in [0.15, 0.2) is 0 Å². The van der Waals surface area contributed by atoms with E-state index in [4.69, 9.17) is 5.73 Å². The summed E-state index contributed by atoms with van der Waals surface area (Å²) in [6.07, 6.45) is 2.50. The molecule has 1 unspecified atom stereocenters. The molecule has 2 rings (SSSR count). The maximum Gasteiger partial charge on any atom is 0.241 e. The van der Waals surface area contributed by atoms with E-state index < -0.39 is 6.04 Å². The smallest absolute Gasteiger partial charge is 0.241 e. The fraction of sp³-hybridized carbons (Fsp3) is 0.467. The Morgan fingerprint density at radius 3 is 2.50 bits per heavy atom. The Morgan fingerprint density at radius 2 is 1.85 bits per heavy atom. The minimum Gasteiger partial charge on any atom is -0.354 e. The van der Waals surface area contributed by atoms with Crippen LogP contribution in [0.15, 0.2) is 30.3 Å². The average molecular weight is 275 g/mol. The quantitative estimate of drug-likeness (QED) is 0.835. The van der Waals surface area contributed by atoms with Crippen molar-refractivity contribution in [2.24, 2.45) is 5.73 Å². The molecule has 0 aliphatic carbocycles. The molecule has 1 aliphatic rings. The van der Waals surface area contributed by atoms with Crippen LogP contribution in [-0.4, -0.2) is 36.3 Å². The van der Waals surface area contributed by atoms with Crippen LogP contribution >= 0.6 is 0 Å². The van der Waals surface area contributed by atoms with Crippen molar-refractivity contribution < 1.29 is 9.59 Å². The third-order valence-corrected chi connectivity index (χ3v) is 3.54. The van der Waals surface area contributed by atoms with Crippen LogP contribution < -0.4 is 11.1 Å². The van der Waals surface area contributed by atoms with E-state index >= 15 is 0 Å². The fourth-order valence-corrected chi connectivity index (χ4v) is 2.34. The number of hydrogen-bond donors (Lipinski definition) is 2. The van der Waals surface area contributed by atoms with Crippen molar-refractivity contribution in [1.82, 2.24) is 10.2 Å². The van der Waals surface area contributed by atoms with Crippen molar-refractivity contribution in [2.45, 2.75) is 25.3 Å². The SMILES string of the molecule is NC(C(=O)NCCC(=O)N1CCCC1)c1ccccc1. The maximum absolute atomic E-state index is 11.9. The van der Waals surface area contributed by atoms with Gasteiger partial charge in [0, 0.05) is 26.1 Å². The topological polar surface area (TPSA) is 75.4 Å². The van der Waals surface area contributed by atoms with E-state index in [2.05, 4.69) is 5.32 Å². The van der Waals surface area contributed by atoms with Crippen LogP contribution in [-0.2, 0) is 9.59 Å². The van der Waals surface area contributed by atoms with E-state index in [1.807, 2.05) is 35.2 Å². The summed E-state index contributed by atoms with van der Waals surface area (Å²) in [5, 5.41) is 2.72. The number of carbonyl (C=O) groups excluding carboxylic acids is 2. The number of hydrogen-bond acceptors (Lipinski definition) is 3. The predicted molar refractivity (Wildman–Crippen MR) is 76.8 cm³/mol. The molecule has 1 heterocycles. The van der Waals surface area contributed by atoms with E-state index in [1.165, 1.54) is 0 Å². The molecule has 5 nitrogen and oxygen atoms in total. The summed E-state index contributed by atoms with van der Waals surface area (Å²) in [7, 11) is 0. The van der Waals surface area contributed by atoms with Gasteiger partial charge in [-0.15, -0.1) is 0 Å². The molecular formula is C15H21N3O2. The highest BCUT2D eigenvalue weighted by Crippen LogP contribution is 2.10. The first-order valence-electron chi connectivity index (χ1n) is 7.04. The Bertz CT molecular complexity index is 455. The number of amides is 2. The Labute approximate surface area is 119 Å². The largest absolute Gasteiger partial charge is 0.354 e. The van der Waals surface area contributed by atoms with Crippen LogP contribution in [0.2, 0.25) is 0 Å². The van der Waals surface area contributed by atoms with Crippen LogP contribution in [0, 0.1) is 0 Å². The summed E-state index contributed by atoms with van der Waals surface area (Å²) < 4.78 is 0. The number of carbonyl (C=O) groups is 2. The monoisotopic (exact) mass is 275 g/mol. The Morgan fingerprint density at radius 1 is 1.20 bits per heavy atom. The molecule has 1 aromatic rings. The molecule has 108 valence electrons. The summed E-state index contributed by atoms with van der Waals surface area (Å²) in [4.78, 5) is 25.5. The third-order valence-electron chi connectivity index (χ3n) is 3.54. The summed E-state index contributed by atoms with van der Waals surface area (Å²) in [6, 6.07) is 8.53. The van der Waals surface area contributed by atoms with Gasteiger partial charge in [-0.05, 0) is 18.4 Å². The first-order valence-corrected chi connectivity index (χ1v) is 7.04. The van der Waals surface area contributed by atoms with Crippen LogP contribution in [0.4, 0.5) is 0 Å². The fourth-order valence-electron chi connectivity index (χ4n) is 2.34. The van der Waals surface area contributed by atoms with Crippen molar-refractivity contribution in [1.29, 1.82) is 0 Å². The molecule has 0 spiro atoms. The van der Waals surface area contributed by atoms with E-state index in [1.54, 1.807) is 0 Å². The Kier molecular flexibility index (Phi) is 5.12. The van der Waals surface area contributed by atoms with Crippen molar-refractivity contribution in [3.63, 3.8) is 0 Å². The molecule has 2 amide bonds. The minimum atomic E-state index is -0.682. The van der Waals surface area contributed by atoms with Gasteiger partial charge in [-0.2, -0.15) is 0 Å². The zero-order valence-corrected chi connectivity index (χ0v) is 11.5. The van der Waals surface area contributed by atoms with Crippen LogP contribution in [0.25, 0.3) is 0 Å². The third kappa shape index (κ3) is 3.81. The zero-order chi connectivity index (χ0) is 14.4. The van der Waals surface area contributed by atoms with Crippen LogP contribution in [0.3, 0.4) is 0 Å². The summed E-state index contributed by atoms with van der Waals surface area (Å²) in [5.41, 5.74) is 6.64. The van der Waals surface area contributed by atoms with E-state index in [0.717, 1.165) is 31.5 Å². The number of nitrogens with one attached hydrogen (secondary N) is 1. The van der Waals surface area contributed by atoms with Crippen LogP contribution in [0.5, 0.6) is 0 Å². The Balaban J connectivity index is 1.73. The molecule has 0 radical (unpaired) electrons. The van der Waals surface area contributed by atoms with Crippen molar-refractivity contribution in [3.8, 4) is 0 Å². The van der Waals surface area contributed by atoms with Gasteiger partial charge in [-0.1, -0.05) is 30.3 Å². The molecule has 20 heavy (non-hydrogen) atoms. The molecule has 1 saturated heterocycles. The molecular weight excluding hydrogens is 254 g/mol. The summed E-state index contributed by atoms with van der Waals surface area (Å²) in [6.45, 7) is 2.03. The first-order chi connectivity index (χ1) is 9.68. The van der Waals surface area contributed by atoms with E-state index in [0.29, 0.717) is 13.0 Å². The Hall–Kier alpha value is -1.88. The lowest BCUT2D eigenvalue weighted by atomic mass is 10.1. The van der Waals surface area contributed by atoms with Gasteiger partial charge >= 0.3 is 0 Å². The van der Waals surface area contributed by atoms with E-state index in [-0.39, 0.29) is 11.8 Å². The maximum atomic E-state index is 11.9. The first kappa shape index (κ1) is 14.5. The van der Waals surface area contributed by atoms with Crippen molar-refractivity contribution in [2.75, 3.05) is 19.6 Å². The van der Waals surface area contributed by atoms with Crippen molar-refractivity contribution in [3.05, 3.63) is 35.9 Å². The summed E-state index contributed by atoms with van der Waals surface area (Å²) in [5.74, 6) is -0.137. The second-order valence-electron chi connectivity index (χ2n) is 5.02. The highest BCUT2D eigenvalue weighted by atomic mass is 16.2. The lowest BCUT2D eigenvalue weighted by molar-refractivity contribution is -0.130. The van der Waals surface area contributed by atoms with Gasteiger partial charge in [0.25, 0.3) is 0 Å². The van der Waals surface area contributed by atoms with E-state index in [9.17, 15) is 9.59 Å². The molecule has 1 aliphatic heterocycles. The lowest BCUT2D eigenvalue weighted by Gasteiger charge is -2.16. The molecule has 0 aromatic heterocycles. The predicted octanol–water partition coefficient (Wildman–Crippen LogP) is 0.815. The van der Waals surface area contributed by atoms with Gasteiger partial charge in [0.1, 0.15) is 6.04 Å². The van der Waals surface area contributed by atoms with Crippen LogP contribution in [0.1, 0.15) is 30.9 Å². The standard InChI is InChI=1S/C15H21N3O2/c16-14(12-6-2-1-3-7-12)15(20)17-9-8-13(19)18-10-4-5-11-18/h1-3,6-7,14H,4-5,8-11,16H2,(H,17,20). The molecule has 3 N–H and O–H groups in total. The lowest BCUT2D eigenvalue weighted by Crippen LogP contribution is -2.37. The summed E-state index contributed by atoms with van der Waals surface area (Å²) >= 11 is 0. The number of nitrogens with two attached hydrogens (primary N) is 1. The molecule has 1 fully saturated rings. The van der Waals surface area contributed by atoms with Crippen molar-refractivity contribution >= 4 is 11.8 Å². The average Bonchev–Trinajstić information content (AvgIpc) is 3.01.